The van der Waals surface area contributed by atoms with Gasteiger partial charge in [0, 0.05) is 6.07 Å². The van der Waals surface area contributed by atoms with E-state index in [1.807, 2.05) is 0 Å². The van der Waals surface area contributed by atoms with Gasteiger partial charge < -0.3 is 24.2 Å². The number of hydrogen-bond acceptors (Lipinski definition) is 9. The Kier molecular flexibility index (Phi) is 23.8. The second-order valence-corrected chi connectivity index (χ2v) is 16.7. The summed E-state index contributed by atoms with van der Waals surface area (Å²) in [7, 11) is -9.14. The van der Waals surface area contributed by atoms with Crippen LogP contribution in [0.15, 0.2) is 94.7 Å². The molecule has 0 aliphatic heterocycles. The van der Waals surface area contributed by atoms with Crippen LogP contribution in [0, 0.1) is 0 Å². The second-order valence-electron chi connectivity index (χ2n) is 14.0. The summed E-state index contributed by atoms with van der Waals surface area (Å²) < 4.78 is 80.5. The van der Waals surface area contributed by atoms with E-state index in [9.17, 15) is 36.2 Å². The van der Waals surface area contributed by atoms with Crippen LogP contribution in [0.2, 0.25) is 0 Å². The van der Waals surface area contributed by atoms with Crippen LogP contribution in [-0.2, 0) is 33.1 Å². The van der Waals surface area contributed by atoms with Gasteiger partial charge in [0.25, 0.3) is 10.1 Å². The standard InChI is InChI=1S/2C22H30O5S.Ca/c2*1-2-3-4-5-6-7-8-9-12-18-13-10-16-21(22(18)28(24,25)26)27-20-15-11-14-19(23)17-20;/h2*10-11,13-17,23H,2-9,12H2,1H3,(H,24,25,26);/q;;+2/p-2. The van der Waals surface area contributed by atoms with E-state index in [1.54, 1.807) is 42.5 Å². The van der Waals surface area contributed by atoms with Crippen molar-refractivity contribution in [3.8, 4) is 34.5 Å². The van der Waals surface area contributed by atoms with Crippen molar-refractivity contribution in [2.24, 2.45) is 0 Å². The van der Waals surface area contributed by atoms with Crippen LogP contribution in [0.25, 0.3) is 0 Å². The molecule has 10 nitrogen and oxygen atoms in total. The SMILES string of the molecule is CCCCCCCCCCc1cccc(Oc2cccc(O)c2)c1S(=O)(=O)O.CCCCCCCCCCc1cccc(Oc2cccc([O-])c2)c1S(=O)(=O)[O-].[Ca+2]. The molecule has 0 atom stereocenters. The minimum atomic E-state index is -4.71. The van der Waals surface area contributed by atoms with Gasteiger partial charge in [0.05, 0.1) is 0 Å². The maximum absolute atomic E-state index is 12.0. The smallest absolute Gasteiger partial charge is 0.872 e. The van der Waals surface area contributed by atoms with Crippen LogP contribution >= 0.6 is 0 Å². The molecule has 13 heteroatoms. The number of rotatable bonds is 24. The van der Waals surface area contributed by atoms with E-state index in [1.165, 1.54) is 107 Å². The zero-order valence-electron chi connectivity index (χ0n) is 33.5. The molecule has 0 aliphatic carbocycles. The van der Waals surface area contributed by atoms with Gasteiger partial charge in [-0.1, -0.05) is 146 Å². The first kappa shape index (κ1) is 50.3. The third-order valence-corrected chi connectivity index (χ3v) is 11.2. The van der Waals surface area contributed by atoms with Crippen molar-refractivity contribution in [3.63, 3.8) is 0 Å². The summed E-state index contributed by atoms with van der Waals surface area (Å²) in [5.41, 5.74) is 1.02. The van der Waals surface area contributed by atoms with Crippen molar-refractivity contribution in [1.82, 2.24) is 0 Å². The van der Waals surface area contributed by atoms with E-state index < -0.39 is 20.2 Å². The van der Waals surface area contributed by atoms with E-state index in [0.29, 0.717) is 29.7 Å². The zero-order chi connectivity index (χ0) is 40.8. The summed E-state index contributed by atoms with van der Waals surface area (Å²) in [6.45, 7) is 4.39. The van der Waals surface area contributed by atoms with Crippen molar-refractivity contribution in [2.45, 2.75) is 139 Å². The molecular weight excluding hydrogens is 793 g/mol. The average Bonchev–Trinajstić information content (AvgIpc) is 3.13. The minimum Gasteiger partial charge on any atom is -0.872 e. The number of ether oxygens (including phenoxy) is 2. The first-order valence-corrected chi connectivity index (χ1v) is 22.8. The van der Waals surface area contributed by atoms with Crippen molar-refractivity contribution in [3.05, 3.63) is 96.1 Å². The summed E-state index contributed by atoms with van der Waals surface area (Å²) in [5.74, 6) is 0.304. The topological polar surface area (TPSA) is 173 Å². The van der Waals surface area contributed by atoms with E-state index in [4.69, 9.17) is 9.47 Å². The van der Waals surface area contributed by atoms with Crippen molar-refractivity contribution < 1.29 is 45.6 Å². The summed E-state index contributed by atoms with van der Waals surface area (Å²) in [6.07, 6.45) is 19.4. The molecule has 2 N–H and O–H groups in total. The van der Waals surface area contributed by atoms with Gasteiger partial charge in [-0.2, -0.15) is 8.42 Å². The quantitative estimate of drug-likeness (QED) is 0.0392. The molecule has 0 bridgehead atoms. The molecule has 4 aromatic carbocycles. The third-order valence-electron chi connectivity index (χ3n) is 9.31. The van der Waals surface area contributed by atoms with Gasteiger partial charge in [-0.3, -0.25) is 4.55 Å². The molecule has 4 rings (SSSR count). The molecule has 0 unspecified atom stereocenters. The van der Waals surface area contributed by atoms with Gasteiger partial charge in [0.2, 0.25) is 0 Å². The Bertz CT molecular complexity index is 1840. The Morgan fingerprint density at radius 3 is 1.39 bits per heavy atom. The molecule has 0 aliphatic rings. The Morgan fingerprint density at radius 1 is 0.544 bits per heavy atom. The maximum Gasteiger partial charge on any atom is 2.00 e. The molecular formula is C44H58CaO10S2. The molecule has 308 valence electrons. The van der Waals surface area contributed by atoms with Crippen LogP contribution < -0.4 is 14.6 Å². The molecule has 0 radical (unpaired) electrons. The normalized spacial score (nSPS) is 11.3. The predicted octanol–water partition coefficient (Wildman–Crippen LogP) is 10.9. The van der Waals surface area contributed by atoms with Gasteiger partial charge in [0.1, 0.15) is 48.7 Å². The van der Waals surface area contributed by atoms with Gasteiger partial charge in [0.15, 0.2) is 0 Å². The molecule has 0 aromatic heterocycles. The first-order chi connectivity index (χ1) is 26.8. The maximum atomic E-state index is 12.0. The summed E-state index contributed by atoms with van der Waals surface area (Å²) in [4.78, 5) is -0.518. The van der Waals surface area contributed by atoms with Gasteiger partial charge in [-0.05, 0) is 73.2 Å². The molecule has 0 saturated heterocycles. The monoisotopic (exact) mass is 850 g/mol. The molecule has 0 amide bonds. The Morgan fingerprint density at radius 2 is 0.947 bits per heavy atom. The number of aromatic hydroxyl groups is 1. The van der Waals surface area contributed by atoms with E-state index >= 15 is 0 Å². The minimum absolute atomic E-state index is 0. The molecule has 4 aromatic rings. The van der Waals surface area contributed by atoms with E-state index in [0.717, 1.165) is 38.5 Å². The van der Waals surface area contributed by atoms with Gasteiger partial charge in [-0.25, -0.2) is 8.42 Å². The number of benzene rings is 4. The Labute approximate surface area is 370 Å². The number of unbranched alkanes of at least 4 members (excludes halogenated alkanes) is 14. The van der Waals surface area contributed by atoms with Crippen molar-refractivity contribution in [1.29, 1.82) is 0 Å². The number of phenolic OH excluding ortho intramolecular Hbond substituents is 1. The number of phenols is 1. The van der Waals surface area contributed by atoms with Crippen LogP contribution in [0.4, 0.5) is 0 Å². The summed E-state index contributed by atoms with van der Waals surface area (Å²) in [6, 6.07) is 21.5. The largest absolute Gasteiger partial charge is 2.00 e. The van der Waals surface area contributed by atoms with Crippen LogP contribution in [0.5, 0.6) is 34.5 Å². The number of hydrogen-bond donors (Lipinski definition) is 2. The summed E-state index contributed by atoms with van der Waals surface area (Å²) in [5, 5.41) is 21.0. The van der Waals surface area contributed by atoms with E-state index in [2.05, 4.69) is 13.8 Å². The number of aryl methyl sites for hydroxylation is 2. The molecule has 0 heterocycles. The molecule has 0 fully saturated rings. The summed E-state index contributed by atoms with van der Waals surface area (Å²) >= 11 is 0. The van der Waals surface area contributed by atoms with E-state index in [-0.39, 0.29) is 76.3 Å². The van der Waals surface area contributed by atoms with Crippen LogP contribution in [0.1, 0.15) is 128 Å². The van der Waals surface area contributed by atoms with Crippen LogP contribution in [0.3, 0.4) is 0 Å². The van der Waals surface area contributed by atoms with Gasteiger partial charge in [-0.15, -0.1) is 5.75 Å². The third kappa shape index (κ3) is 19.2. The average molecular weight is 851 g/mol. The Hall–Kier alpha value is -2.84. The second kappa shape index (κ2) is 27.0. The fraction of sp³-hybridized carbons (Fsp3) is 0.455. The predicted molar refractivity (Wildman–Crippen MR) is 223 cm³/mol. The van der Waals surface area contributed by atoms with Gasteiger partial charge >= 0.3 is 37.7 Å². The van der Waals surface area contributed by atoms with Crippen LogP contribution in [-0.4, -0.2) is 68.8 Å². The fourth-order valence-corrected chi connectivity index (χ4v) is 8.20. The van der Waals surface area contributed by atoms with Crippen molar-refractivity contribution >= 4 is 58.0 Å². The Balaban J connectivity index is 0.000000387. The molecule has 0 saturated carbocycles. The molecule has 0 spiro atoms. The fourth-order valence-electron chi connectivity index (χ4n) is 6.49. The van der Waals surface area contributed by atoms with Crippen molar-refractivity contribution in [2.75, 3.05) is 0 Å². The zero-order valence-corrected chi connectivity index (χ0v) is 37.3. The molecule has 57 heavy (non-hydrogen) atoms. The first-order valence-electron chi connectivity index (χ1n) is 19.9.